The number of esters is 1. The Morgan fingerprint density at radius 2 is 1.92 bits per heavy atom. The van der Waals surface area contributed by atoms with Gasteiger partial charge in [-0.25, -0.2) is 4.79 Å². The molecule has 0 saturated heterocycles. The predicted octanol–water partition coefficient (Wildman–Crippen LogP) is 7.07. The molecule has 1 amide bonds. The van der Waals surface area contributed by atoms with Crippen molar-refractivity contribution < 1.29 is 19.1 Å². The highest BCUT2D eigenvalue weighted by molar-refractivity contribution is 9.10. The van der Waals surface area contributed by atoms with Gasteiger partial charge in [-0.15, -0.1) is 10.2 Å². The fraction of sp³-hybridized carbons (Fsp3) is 0.448. The first-order valence-corrected chi connectivity index (χ1v) is 15.0. The molecular weight excluding hydrogens is 580 g/mol. The van der Waals surface area contributed by atoms with Crippen molar-refractivity contribution in [2.24, 2.45) is 0 Å². The van der Waals surface area contributed by atoms with Gasteiger partial charge in [-0.05, 0) is 67.1 Å². The molecule has 1 aliphatic rings. The lowest BCUT2D eigenvalue weighted by Crippen LogP contribution is -2.19. The SMILES string of the molecule is COC(=O)c1cccc(NC(=O)CSc2nnc(COc3cc(C)c(Br)cc3C(C)C)n2C2CCCCC2)c1. The van der Waals surface area contributed by atoms with Gasteiger partial charge in [0.15, 0.2) is 11.0 Å². The van der Waals surface area contributed by atoms with Gasteiger partial charge in [0.2, 0.25) is 5.91 Å². The molecule has 1 aliphatic carbocycles. The van der Waals surface area contributed by atoms with E-state index >= 15 is 0 Å². The molecule has 2 aromatic carbocycles. The molecule has 0 aliphatic heterocycles. The summed E-state index contributed by atoms with van der Waals surface area (Å²) >= 11 is 5.00. The second kappa shape index (κ2) is 13.5. The molecule has 208 valence electrons. The van der Waals surface area contributed by atoms with Crippen molar-refractivity contribution in [1.82, 2.24) is 14.8 Å². The Hall–Kier alpha value is -2.85. The Kier molecular flexibility index (Phi) is 10.1. The summed E-state index contributed by atoms with van der Waals surface area (Å²) < 4.78 is 14.3. The highest BCUT2D eigenvalue weighted by Gasteiger charge is 2.24. The molecule has 1 heterocycles. The molecule has 8 nitrogen and oxygen atoms in total. The number of rotatable bonds is 10. The Morgan fingerprint density at radius 1 is 1.15 bits per heavy atom. The van der Waals surface area contributed by atoms with Crippen LogP contribution < -0.4 is 10.1 Å². The van der Waals surface area contributed by atoms with E-state index < -0.39 is 5.97 Å². The number of methoxy groups -OCH3 is 1. The number of halogens is 1. The van der Waals surface area contributed by atoms with E-state index in [2.05, 4.69) is 68.9 Å². The van der Waals surface area contributed by atoms with Gasteiger partial charge in [-0.1, -0.05) is 66.9 Å². The van der Waals surface area contributed by atoms with Crippen molar-refractivity contribution in [1.29, 1.82) is 0 Å². The largest absolute Gasteiger partial charge is 0.485 e. The van der Waals surface area contributed by atoms with Crippen molar-refractivity contribution in [3.8, 4) is 5.75 Å². The van der Waals surface area contributed by atoms with E-state index in [0.717, 1.165) is 58.0 Å². The fourth-order valence-electron chi connectivity index (χ4n) is 4.77. The highest BCUT2D eigenvalue weighted by atomic mass is 79.9. The molecule has 3 aromatic rings. The summed E-state index contributed by atoms with van der Waals surface area (Å²) in [4.78, 5) is 24.6. The lowest BCUT2D eigenvalue weighted by atomic mass is 9.95. The van der Waals surface area contributed by atoms with E-state index in [0.29, 0.717) is 23.8 Å². The molecule has 1 saturated carbocycles. The van der Waals surface area contributed by atoms with Gasteiger partial charge < -0.3 is 14.8 Å². The minimum absolute atomic E-state index is 0.164. The number of aromatic nitrogens is 3. The molecule has 1 aromatic heterocycles. The van der Waals surface area contributed by atoms with E-state index in [9.17, 15) is 9.59 Å². The molecule has 0 spiro atoms. The maximum atomic E-state index is 12.8. The Labute approximate surface area is 242 Å². The molecule has 0 unspecified atom stereocenters. The van der Waals surface area contributed by atoms with Crippen LogP contribution in [-0.4, -0.2) is 39.5 Å². The molecule has 4 rings (SSSR count). The lowest BCUT2D eigenvalue weighted by Gasteiger charge is -2.25. The smallest absolute Gasteiger partial charge is 0.337 e. The quantitative estimate of drug-likeness (QED) is 0.193. The fourth-order valence-corrected chi connectivity index (χ4v) is 5.95. The van der Waals surface area contributed by atoms with Crippen LogP contribution in [0.3, 0.4) is 0 Å². The Morgan fingerprint density at radius 3 is 2.64 bits per heavy atom. The number of nitrogens with one attached hydrogen (secondary N) is 1. The van der Waals surface area contributed by atoms with E-state index in [1.54, 1.807) is 24.3 Å². The van der Waals surface area contributed by atoms with Crippen LogP contribution in [-0.2, 0) is 16.1 Å². The maximum Gasteiger partial charge on any atom is 0.337 e. The van der Waals surface area contributed by atoms with Gasteiger partial charge >= 0.3 is 5.97 Å². The number of ether oxygens (including phenoxy) is 2. The first-order valence-electron chi connectivity index (χ1n) is 13.2. The van der Waals surface area contributed by atoms with Crippen molar-refractivity contribution in [2.75, 3.05) is 18.2 Å². The number of thioether (sulfide) groups is 1. The molecular formula is C29H35BrN4O4S. The van der Waals surface area contributed by atoms with Crippen LogP contribution in [0.5, 0.6) is 5.75 Å². The Balaban J connectivity index is 1.49. The van der Waals surface area contributed by atoms with Crippen LogP contribution in [0.2, 0.25) is 0 Å². The third kappa shape index (κ3) is 7.42. The van der Waals surface area contributed by atoms with Crippen molar-refractivity contribution in [3.63, 3.8) is 0 Å². The highest BCUT2D eigenvalue weighted by Crippen LogP contribution is 2.35. The number of hydrogen-bond donors (Lipinski definition) is 1. The number of hydrogen-bond acceptors (Lipinski definition) is 7. The first kappa shape index (κ1) is 29.1. The van der Waals surface area contributed by atoms with E-state index in [1.165, 1.54) is 25.3 Å². The predicted molar refractivity (Wildman–Crippen MR) is 157 cm³/mol. The lowest BCUT2D eigenvalue weighted by molar-refractivity contribution is -0.113. The molecule has 10 heteroatoms. The number of benzene rings is 2. The van der Waals surface area contributed by atoms with Gasteiger partial charge in [-0.2, -0.15) is 0 Å². The molecule has 0 bridgehead atoms. The van der Waals surface area contributed by atoms with E-state index in [4.69, 9.17) is 9.47 Å². The molecule has 0 radical (unpaired) electrons. The van der Waals surface area contributed by atoms with Crippen LogP contribution in [0.25, 0.3) is 0 Å². The number of amides is 1. The second-order valence-electron chi connectivity index (χ2n) is 10.1. The van der Waals surface area contributed by atoms with Crippen LogP contribution in [0.1, 0.15) is 85.2 Å². The van der Waals surface area contributed by atoms with Gasteiger partial charge in [0, 0.05) is 16.2 Å². The summed E-state index contributed by atoms with van der Waals surface area (Å²) in [6.07, 6.45) is 5.66. The number of carbonyl (C=O) groups excluding carboxylic acids is 2. The number of carbonyl (C=O) groups is 2. The summed E-state index contributed by atoms with van der Waals surface area (Å²) in [5.41, 5.74) is 3.17. The zero-order chi connectivity index (χ0) is 27.9. The average Bonchev–Trinajstić information content (AvgIpc) is 3.35. The summed E-state index contributed by atoms with van der Waals surface area (Å²) in [5.74, 6) is 1.46. The van der Waals surface area contributed by atoms with Crippen LogP contribution in [0.15, 0.2) is 46.0 Å². The minimum atomic E-state index is -0.449. The monoisotopic (exact) mass is 614 g/mol. The standard InChI is InChI=1S/C29H35BrN4O4S/c1-18(2)23-15-24(30)19(3)13-25(23)38-16-26-32-33-29(34(26)22-11-6-5-7-12-22)39-17-27(35)31-21-10-8-9-20(14-21)28(36)37-4/h8-10,13-15,18,22H,5-7,11-12,16-17H2,1-4H3,(H,31,35). The number of anilines is 1. The van der Waals surface area contributed by atoms with Crippen molar-refractivity contribution >= 4 is 45.3 Å². The van der Waals surface area contributed by atoms with E-state index in [1.807, 2.05) is 0 Å². The molecule has 1 fully saturated rings. The molecule has 0 atom stereocenters. The summed E-state index contributed by atoms with van der Waals surface area (Å²) in [5, 5.41) is 12.5. The maximum absolute atomic E-state index is 12.8. The summed E-state index contributed by atoms with van der Waals surface area (Å²) in [6, 6.07) is 11.2. The Bertz CT molecular complexity index is 1320. The van der Waals surface area contributed by atoms with Crippen LogP contribution in [0, 0.1) is 6.92 Å². The average molecular weight is 616 g/mol. The van der Waals surface area contributed by atoms with Crippen molar-refractivity contribution in [2.45, 2.75) is 76.6 Å². The third-order valence-corrected chi connectivity index (χ3v) is 8.64. The number of aryl methyl sites for hydroxylation is 1. The number of nitrogens with zero attached hydrogens (tertiary/aromatic N) is 3. The van der Waals surface area contributed by atoms with Gasteiger partial charge in [0.05, 0.1) is 18.4 Å². The van der Waals surface area contributed by atoms with E-state index in [-0.39, 0.29) is 17.7 Å². The molecule has 39 heavy (non-hydrogen) atoms. The van der Waals surface area contributed by atoms with Crippen LogP contribution >= 0.6 is 27.7 Å². The second-order valence-corrected chi connectivity index (χ2v) is 11.8. The first-order chi connectivity index (χ1) is 18.8. The molecule has 1 N–H and O–H groups in total. The van der Waals surface area contributed by atoms with Gasteiger partial charge in [-0.3, -0.25) is 9.36 Å². The van der Waals surface area contributed by atoms with Gasteiger partial charge in [0.1, 0.15) is 12.4 Å². The zero-order valence-electron chi connectivity index (χ0n) is 22.8. The zero-order valence-corrected chi connectivity index (χ0v) is 25.2. The van der Waals surface area contributed by atoms with Gasteiger partial charge in [0.25, 0.3) is 0 Å². The topological polar surface area (TPSA) is 95.3 Å². The third-order valence-electron chi connectivity index (χ3n) is 6.84. The minimum Gasteiger partial charge on any atom is -0.485 e. The van der Waals surface area contributed by atoms with Crippen molar-refractivity contribution in [3.05, 3.63) is 63.4 Å². The summed E-state index contributed by atoms with van der Waals surface area (Å²) in [7, 11) is 1.33. The normalized spacial score (nSPS) is 13.9. The van der Waals surface area contributed by atoms with Crippen LogP contribution in [0.4, 0.5) is 5.69 Å². The summed E-state index contributed by atoms with van der Waals surface area (Å²) in [6.45, 7) is 6.66.